The fourth-order valence-electron chi connectivity index (χ4n) is 2.06. The van der Waals surface area contributed by atoms with Crippen LogP contribution in [0.2, 0.25) is 0 Å². The van der Waals surface area contributed by atoms with E-state index in [0.717, 1.165) is 11.3 Å². The van der Waals surface area contributed by atoms with E-state index >= 15 is 0 Å². The van der Waals surface area contributed by atoms with Crippen LogP contribution in [0.1, 0.15) is 6.92 Å². The number of carbonyl (C=O) groups is 2. The van der Waals surface area contributed by atoms with Crippen molar-refractivity contribution in [3.05, 3.63) is 24.3 Å². The van der Waals surface area contributed by atoms with Gasteiger partial charge in [-0.3, -0.25) is 14.4 Å². The highest BCUT2D eigenvalue weighted by Gasteiger charge is 2.24. The summed E-state index contributed by atoms with van der Waals surface area (Å²) in [6.07, 6.45) is -0.437. The molecule has 1 fully saturated rings. The van der Waals surface area contributed by atoms with Crippen LogP contribution < -0.4 is 14.9 Å². The molecular weight excluding hydrogens is 370 g/mol. The number of nitrogens with zero attached hydrogens (tertiary/aromatic N) is 3. The third-order valence-electron chi connectivity index (χ3n) is 3.11. The zero-order valence-electron chi connectivity index (χ0n) is 12.9. The van der Waals surface area contributed by atoms with Gasteiger partial charge in [0.2, 0.25) is 11.0 Å². The third-order valence-corrected chi connectivity index (χ3v) is 5.70. The van der Waals surface area contributed by atoms with Gasteiger partial charge in [0.1, 0.15) is 6.61 Å². The maximum absolute atomic E-state index is 12.3. The van der Waals surface area contributed by atoms with Gasteiger partial charge in [0.25, 0.3) is 14.4 Å². The van der Waals surface area contributed by atoms with Crippen LogP contribution in [0, 0.1) is 0 Å². The number of ether oxygens (including phenoxy) is 1. The molecule has 1 aromatic carbocycles. The molecule has 132 valence electrons. The van der Waals surface area contributed by atoms with E-state index in [4.69, 9.17) is 4.74 Å². The second-order valence-electron chi connectivity index (χ2n) is 4.97. The Morgan fingerprint density at radius 2 is 2.00 bits per heavy atom. The van der Waals surface area contributed by atoms with Crippen LogP contribution in [-0.2, 0) is 19.6 Å². The van der Waals surface area contributed by atoms with Crippen LogP contribution >= 0.6 is 11.3 Å². The standard InChI is InChI=1S/C13H13N5O5S2/c1-8(19)14-11-15-16-12(24-11)25(21,22)17-9-2-4-10(5-3-9)18-6-7-23-13(18)20/h2-5,17H,6-7H2,1H3,(H,14,15,19). The fourth-order valence-corrected chi connectivity index (χ4v) is 4.06. The van der Waals surface area contributed by atoms with Gasteiger partial charge in [-0.2, -0.15) is 8.42 Å². The van der Waals surface area contributed by atoms with Gasteiger partial charge in [-0.1, -0.05) is 11.3 Å². The first-order chi connectivity index (χ1) is 11.8. The molecule has 0 saturated carbocycles. The number of rotatable bonds is 5. The van der Waals surface area contributed by atoms with Gasteiger partial charge in [-0.15, -0.1) is 10.2 Å². The maximum Gasteiger partial charge on any atom is 0.414 e. The highest BCUT2D eigenvalue weighted by atomic mass is 32.2. The van der Waals surface area contributed by atoms with Gasteiger partial charge in [-0.25, -0.2) is 4.79 Å². The Morgan fingerprint density at radius 3 is 2.60 bits per heavy atom. The summed E-state index contributed by atoms with van der Waals surface area (Å²) < 4.78 is 31.5. The van der Waals surface area contributed by atoms with E-state index in [0.29, 0.717) is 24.5 Å². The van der Waals surface area contributed by atoms with Crippen molar-refractivity contribution in [2.75, 3.05) is 28.1 Å². The Labute approximate surface area is 146 Å². The summed E-state index contributed by atoms with van der Waals surface area (Å²) >= 11 is 0.737. The lowest BCUT2D eigenvalue weighted by Crippen LogP contribution is -2.23. The second-order valence-corrected chi connectivity index (χ2v) is 7.81. The van der Waals surface area contributed by atoms with E-state index < -0.39 is 16.1 Å². The topological polar surface area (TPSA) is 131 Å². The molecule has 1 aromatic heterocycles. The van der Waals surface area contributed by atoms with Crippen molar-refractivity contribution in [1.29, 1.82) is 0 Å². The normalized spacial score (nSPS) is 14.3. The number of hydrogen-bond acceptors (Lipinski definition) is 8. The zero-order valence-corrected chi connectivity index (χ0v) is 14.6. The number of carbonyl (C=O) groups excluding carboxylic acids is 2. The molecule has 3 rings (SSSR count). The maximum atomic E-state index is 12.3. The average molecular weight is 383 g/mol. The molecule has 1 aliphatic rings. The fraction of sp³-hybridized carbons (Fsp3) is 0.231. The van der Waals surface area contributed by atoms with Crippen molar-refractivity contribution in [2.24, 2.45) is 0 Å². The lowest BCUT2D eigenvalue weighted by Gasteiger charge is -2.13. The molecule has 2 N–H and O–H groups in total. The minimum absolute atomic E-state index is 0.0933. The summed E-state index contributed by atoms with van der Waals surface area (Å²) in [7, 11) is -3.93. The zero-order chi connectivity index (χ0) is 18.0. The van der Waals surface area contributed by atoms with E-state index in [1.165, 1.54) is 24.0 Å². The molecule has 0 atom stereocenters. The van der Waals surface area contributed by atoms with Crippen molar-refractivity contribution < 1.29 is 22.7 Å². The molecule has 0 bridgehead atoms. The number of anilines is 3. The Morgan fingerprint density at radius 1 is 1.28 bits per heavy atom. The average Bonchev–Trinajstić information content (AvgIpc) is 3.17. The van der Waals surface area contributed by atoms with Crippen molar-refractivity contribution >= 4 is 49.9 Å². The number of amides is 2. The monoisotopic (exact) mass is 383 g/mol. The molecular formula is C13H13N5O5S2. The highest BCUT2D eigenvalue weighted by Crippen LogP contribution is 2.25. The van der Waals surface area contributed by atoms with Crippen molar-refractivity contribution in [1.82, 2.24) is 10.2 Å². The first kappa shape index (κ1) is 17.1. The quantitative estimate of drug-likeness (QED) is 0.743. The Bertz CT molecular complexity index is 909. The number of sulfonamides is 1. The van der Waals surface area contributed by atoms with Crippen LogP contribution in [0.3, 0.4) is 0 Å². The molecule has 2 amide bonds. The number of benzene rings is 1. The second kappa shape index (κ2) is 6.64. The van der Waals surface area contributed by atoms with Crippen LogP contribution in [0.4, 0.5) is 21.3 Å². The van der Waals surface area contributed by atoms with Gasteiger partial charge in [0, 0.05) is 18.3 Å². The third kappa shape index (κ3) is 3.85. The molecule has 2 heterocycles. The van der Waals surface area contributed by atoms with Crippen LogP contribution in [0.15, 0.2) is 28.6 Å². The highest BCUT2D eigenvalue weighted by molar-refractivity contribution is 7.94. The number of cyclic esters (lactones) is 1. The summed E-state index contributed by atoms with van der Waals surface area (Å²) in [5.74, 6) is -0.371. The molecule has 0 aliphatic carbocycles. The summed E-state index contributed by atoms with van der Waals surface area (Å²) in [4.78, 5) is 23.9. The predicted molar refractivity (Wildman–Crippen MR) is 90.2 cm³/mol. The summed E-state index contributed by atoms with van der Waals surface area (Å²) in [6, 6.07) is 6.25. The van der Waals surface area contributed by atoms with Gasteiger partial charge in [0.15, 0.2) is 0 Å². The molecule has 25 heavy (non-hydrogen) atoms. The van der Waals surface area contributed by atoms with Crippen molar-refractivity contribution in [3.8, 4) is 0 Å². The Kier molecular flexibility index (Phi) is 4.55. The van der Waals surface area contributed by atoms with E-state index in [1.807, 2.05) is 0 Å². The number of hydrogen-bond donors (Lipinski definition) is 2. The molecule has 10 nitrogen and oxygen atoms in total. The van der Waals surface area contributed by atoms with Gasteiger partial charge in [-0.05, 0) is 24.3 Å². The molecule has 1 saturated heterocycles. The van der Waals surface area contributed by atoms with E-state index in [2.05, 4.69) is 20.2 Å². The van der Waals surface area contributed by atoms with E-state index in [1.54, 1.807) is 12.1 Å². The van der Waals surface area contributed by atoms with Crippen LogP contribution in [-0.4, -0.2) is 43.8 Å². The van der Waals surface area contributed by atoms with Gasteiger partial charge < -0.3 is 10.1 Å². The minimum Gasteiger partial charge on any atom is -0.447 e. The molecule has 12 heteroatoms. The minimum atomic E-state index is -3.93. The summed E-state index contributed by atoms with van der Waals surface area (Å²) in [5.41, 5.74) is 0.905. The Hall–Kier alpha value is -2.73. The van der Waals surface area contributed by atoms with Gasteiger partial charge in [0.05, 0.1) is 6.54 Å². The van der Waals surface area contributed by atoms with E-state index in [9.17, 15) is 18.0 Å². The molecule has 1 aliphatic heterocycles. The first-order valence-electron chi connectivity index (χ1n) is 7.03. The first-order valence-corrected chi connectivity index (χ1v) is 9.33. The lowest BCUT2D eigenvalue weighted by molar-refractivity contribution is -0.114. The number of nitrogens with one attached hydrogen (secondary N) is 2. The molecule has 0 unspecified atom stereocenters. The van der Waals surface area contributed by atoms with Crippen LogP contribution in [0.25, 0.3) is 0 Å². The Balaban J connectivity index is 1.73. The SMILES string of the molecule is CC(=O)Nc1nnc(S(=O)(=O)Nc2ccc(N3CCOC3=O)cc2)s1. The van der Waals surface area contributed by atoms with Crippen molar-refractivity contribution in [3.63, 3.8) is 0 Å². The van der Waals surface area contributed by atoms with E-state index in [-0.39, 0.29) is 15.4 Å². The summed E-state index contributed by atoms with van der Waals surface area (Å²) in [5, 5.41) is 9.62. The number of aromatic nitrogens is 2. The predicted octanol–water partition coefficient (Wildman–Crippen LogP) is 1.25. The molecule has 0 radical (unpaired) electrons. The largest absolute Gasteiger partial charge is 0.447 e. The van der Waals surface area contributed by atoms with Crippen molar-refractivity contribution in [2.45, 2.75) is 11.3 Å². The smallest absolute Gasteiger partial charge is 0.414 e. The van der Waals surface area contributed by atoms with Crippen LogP contribution in [0.5, 0.6) is 0 Å². The summed E-state index contributed by atoms with van der Waals surface area (Å²) in [6.45, 7) is 2.05. The molecule has 2 aromatic rings. The molecule has 0 spiro atoms. The van der Waals surface area contributed by atoms with Gasteiger partial charge >= 0.3 is 6.09 Å². The lowest BCUT2D eigenvalue weighted by atomic mass is 10.2.